The van der Waals surface area contributed by atoms with Gasteiger partial charge in [0, 0.05) is 6.20 Å². The molecule has 14 heavy (non-hydrogen) atoms. The Morgan fingerprint density at radius 2 is 2.43 bits per heavy atom. The number of aromatic nitrogens is 1. The molecule has 0 amide bonds. The molecule has 0 aliphatic carbocycles. The number of ether oxygens (including phenoxy) is 1. The first kappa shape index (κ1) is 11.0. The third-order valence-corrected chi connectivity index (χ3v) is 2.31. The van der Waals surface area contributed by atoms with Gasteiger partial charge in [-0.15, -0.1) is 0 Å². The van der Waals surface area contributed by atoms with Gasteiger partial charge in [0.25, 0.3) is 0 Å². The molecule has 0 radical (unpaired) electrons. The van der Waals surface area contributed by atoms with Crippen LogP contribution in [0.15, 0.2) is 22.8 Å². The first-order valence-electron chi connectivity index (χ1n) is 4.10. The molecule has 0 fully saturated rings. The van der Waals surface area contributed by atoms with Gasteiger partial charge in [-0.2, -0.15) is 0 Å². The van der Waals surface area contributed by atoms with Crippen LogP contribution >= 0.6 is 15.9 Å². The van der Waals surface area contributed by atoms with E-state index in [2.05, 4.69) is 31.0 Å². The Labute approximate surface area is 90.8 Å². The highest BCUT2D eigenvalue weighted by atomic mass is 79.9. The first-order chi connectivity index (χ1) is 6.65. The molecule has 1 aromatic rings. The van der Waals surface area contributed by atoms with E-state index in [9.17, 15) is 4.79 Å². The number of anilines is 1. The zero-order chi connectivity index (χ0) is 10.6. The van der Waals surface area contributed by atoms with Crippen molar-refractivity contribution in [3.8, 4) is 0 Å². The van der Waals surface area contributed by atoms with E-state index in [1.54, 1.807) is 19.2 Å². The molecule has 1 atom stereocenters. The maximum atomic E-state index is 11.1. The zero-order valence-corrected chi connectivity index (χ0v) is 9.54. The van der Waals surface area contributed by atoms with E-state index in [1.807, 2.05) is 6.07 Å². The lowest BCUT2D eigenvalue weighted by atomic mass is 10.3. The summed E-state index contributed by atoms with van der Waals surface area (Å²) >= 11 is 3.32. The van der Waals surface area contributed by atoms with Crippen LogP contribution in [0.3, 0.4) is 0 Å². The fourth-order valence-corrected chi connectivity index (χ4v) is 1.30. The van der Waals surface area contributed by atoms with E-state index < -0.39 is 6.04 Å². The summed E-state index contributed by atoms with van der Waals surface area (Å²) < 4.78 is 5.40. The molecule has 1 heterocycles. The summed E-state index contributed by atoms with van der Waals surface area (Å²) in [5, 5.41) is 2.93. The molecule has 0 spiro atoms. The Morgan fingerprint density at radius 1 is 1.71 bits per heavy atom. The molecule has 0 saturated carbocycles. The summed E-state index contributed by atoms with van der Waals surface area (Å²) in [5.74, 6) is 0.313. The molecular formula is C9H11BrN2O2. The summed E-state index contributed by atoms with van der Waals surface area (Å²) in [4.78, 5) is 15.2. The molecule has 0 aliphatic rings. The molecule has 0 bridgehead atoms. The number of esters is 1. The van der Waals surface area contributed by atoms with Crippen LogP contribution in [0.5, 0.6) is 0 Å². The number of nitrogens with zero attached hydrogens (tertiary/aromatic N) is 1. The topological polar surface area (TPSA) is 51.2 Å². The molecule has 1 N–H and O–H groups in total. The molecule has 1 aromatic heterocycles. The number of methoxy groups -OCH3 is 1. The second kappa shape index (κ2) is 4.95. The van der Waals surface area contributed by atoms with Gasteiger partial charge in [-0.1, -0.05) is 0 Å². The molecular weight excluding hydrogens is 248 g/mol. The fraction of sp³-hybridized carbons (Fsp3) is 0.333. The lowest BCUT2D eigenvalue weighted by Gasteiger charge is -2.12. The van der Waals surface area contributed by atoms with Crippen LogP contribution in [-0.2, 0) is 9.53 Å². The van der Waals surface area contributed by atoms with E-state index in [0.717, 1.165) is 4.47 Å². The van der Waals surface area contributed by atoms with Gasteiger partial charge in [-0.25, -0.2) is 9.78 Å². The number of pyridine rings is 1. The quantitative estimate of drug-likeness (QED) is 0.841. The van der Waals surface area contributed by atoms with Gasteiger partial charge in [-0.05, 0) is 35.0 Å². The molecule has 76 valence electrons. The summed E-state index contributed by atoms with van der Waals surface area (Å²) in [6.45, 7) is 1.72. The average molecular weight is 259 g/mol. The number of hydrogen-bond acceptors (Lipinski definition) is 4. The normalized spacial score (nSPS) is 11.9. The molecule has 4 nitrogen and oxygen atoms in total. The van der Waals surface area contributed by atoms with Gasteiger partial charge >= 0.3 is 5.97 Å². The Balaban J connectivity index is 2.69. The Hall–Kier alpha value is -1.10. The average Bonchev–Trinajstić information content (AvgIpc) is 2.20. The number of halogens is 1. The highest BCUT2D eigenvalue weighted by molar-refractivity contribution is 9.10. The number of carbonyl (C=O) groups excluding carboxylic acids is 1. The zero-order valence-electron chi connectivity index (χ0n) is 7.95. The monoisotopic (exact) mass is 258 g/mol. The third kappa shape index (κ3) is 2.70. The lowest BCUT2D eigenvalue weighted by molar-refractivity contribution is -0.141. The summed E-state index contributed by atoms with van der Waals surface area (Å²) in [6.07, 6.45) is 1.65. The van der Waals surface area contributed by atoms with Gasteiger partial charge in [0.2, 0.25) is 0 Å². The van der Waals surface area contributed by atoms with Crippen molar-refractivity contribution in [2.75, 3.05) is 12.4 Å². The van der Waals surface area contributed by atoms with E-state index in [0.29, 0.717) is 5.82 Å². The maximum Gasteiger partial charge on any atom is 0.328 e. The van der Waals surface area contributed by atoms with E-state index in [-0.39, 0.29) is 5.97 Å². The third-order valence-electron chi connectivity index (χ3n) is 1.67. The van der Waals surface area contributed by atoms with E-state index >= 15 is 0 Å². The van der Waals surface area contributed by atoms with Crippen molar-refractivity contribution in [3.05, 3.63) is 22.8 Å². The Bertz CT molecular complexity index is 330. The standard InChI is InChI=1S/C9H11BrN2O2/c1-6(9(13)14-2)12-8-7(10)4-3-5-11-8/h3-6H,1-2H3,(H,11,12). The summed E-state index contributed by atoms with van der Waals surface area (Å²) in [5.41, 5.74) is 0. The molecule has 1 unspecified atom stereocenters. The van der Waals surface area contributed by atoms with Crippen LogP contribution in [0.2, 0.25) is 0 Å². The van der Waals surface area contributed by atoms with Gasteiger partial charge in [0.05, 0.1) is 11.6 Å². The van der Waals surface area contributed by atoms with Gasteiger partial charge in [0.15, 0.2) is 0 Å². The summed E-state index contributed by atoms with van der Waals surface area (Å²) in [6, 6.07) is 3.24. The SMILES string of the molecule is COC(=O)C(C)Nc1ncccc1Br. The fourth-order valence-electron chi connectivity index (χ4n) is 0.933. The predicted octanol–water partition coefficient (Wildman–Crippen LogP) is 1.82. The Morgan fingerprint density at radius 3 is 3.00 bits per heavy atom. The van der Waals surface area contributed by atoms with Gasteiger partial charge in [0.1, 0.15) is 11.9 Å². The van der Waals surface area contributed by atoms with Crippen molar-refractivity contribution in [2.24, 2.45) is 0 Å². The predicted molar refractivity (Wildman–Crippen MR) is 57.0 cm³/mol. The smallest absolute Gasteiger partial charge is 0.328 e. The maximum absolute atomic E-state index is 11.1. The number of rotatable bonds is 3. The van der Waals surface area contributed by atoms with Crippen LogP contribution < -0.4 is 5.32 Å². The molecule has 0 aliphatic heterocycles. The number of carbonyl (C=O) groups is 1. The van der Waals surface area contributed by atoms with Crippen molar-refractivity contribution in [1.82, 2.24) is 4.98 Å². The second-order valence-electron chi connectivity index (χ2n) is 2.72. The number of hydrogen-bond donors (Lipinski definition) is 1. The van der Waals surface area contributed by atoms with Crippen LogP contribution in [0.4, 0.5) is 5.82 Å². The van der Waals surface area contributed by atoms with Crippen LogP contribution in [0, 0.1) is 0 Å². The van der Waals surface area contributed by atoms with Gasteiger partial charge in [-0.3, -0.25) is 0 Å². The molecule has 0 saturated heterocycles. The summed E-state index contributed by atoms with van der Waals surface area (Å²) in [7, 11) is 1.36. The molecule has 1 rings (SSSR count). The minimum Gasteiger partial charge on any atom is -0.467 e. The first-order valence-corrected chi connectivity index (χ1v) is 4.89. The minimum absolute atomic E-state index is 0.317. The van der Waals surface area contributed by atoms with Crippen molar-refractivity contribution in [3.63, 3.8) is 0 Å². The van der Waals surface area contributed by atoms with Crippen molar-refractivity contribution >= 4 is 27.7 Å². The largest absolute Gasteiger partial charge is 0.467 e. The van der Waals surface area contributed by atoms with Crippen LogP contribution in [0.1, 0.15) is 6.92 Å². The Kier molecular flexibility index (Phi) is 3.88. The van der Waals surface area contributed by atoms with Crippen molar-refractivity contribution in [2.45, 2.75) is 13.0 Å². The number of nitrogens with one attached hydrogen (secondary N) is 1. The lowest BCUT2D eigenvalue weighted by Crippen LogP contribution is -2.27. The molecule has 0 aromatic carbocycles. The van der Waals surface area contributed by atoms with Crippen LogP contribution in [0.25, 0.3) is 0 Å². The van der Waals surface area contributed by atoms with Crippen LogP contribution in [-0.4, -0.2) is 24.1 Å². The van der Waals surface area contributed by atoms with E-state index in [4.69, 9.17) is 0 Å². The molecule has 5 heteroatoms. The highest BCUT2D eigenvalue weighted by Gasteiger charge is 2.13. The van der Waals surface area contributed by atoms with E-state index in [1.165, 1.54) is 7.11 Å². The van der Waals surface area contributed by atoms with Gasteiger partial charge < -0.3 is 10.1 Å². The minimum atomic E-state index is -0.411. The van der Waals surface area contributed by atoms with Crippen molar-refractivity contribution < 1.29 is 9.53 Å². The van der Waals surface area contributed by atoms with Crippen molar-refractivity contribution in [1.29, 1.82) is 0 Å². The second-order valence-corrected chi connectivity index (χ2v) is 3.58. The highest BCUT2D eigenvalue weighted by Crippen LogP contribution is 2.18.